The number of thiazole rings is 1. The van der Waals surface area contributed by atoms with Gasteiger partial charge in [-0.2, -0.15) is 0 Å². The molecule has 1 unspecified atom stereocenters. The Morgan fingerprint density at radius 1 is 0.947 bits per heavy atom. The summed E-state index contributed by atoms with van der Waals surface area (Å²) < 4.78 is 27.1. The van der Waals surface area contributed by atoms with Crippen LogP contribution in [-0.2, 0) is 13.0 Å². The Hall–Kier alpha value is -2.96. The van der Waals surface area contributed by atoms with Crippen LogP contribution in [0.1, 0.15) is 43.7 Å². The molecule has 4 nitrogen and oxygen atoms in total. The highest BCUT2D eigenvalue weighted by Gasteiger charge is 2.43. The normalized spacial score (nSPS) is 21.2. The van der Waals surface area contributed by atoms with Crippen molar-refractivity contribution in [1.29, 1.82) is 0 Å². The number of halogens is 1. The molecule has 0 N–H and O–H groups in total. The Morgan fingerprint density at radius 2 is 1.68 bits per heavy atom. The predicted molar refractivity (Wildman–Crippen MR) is 153 cm³/mol. The fraction of sp³-hybridized carbons (Fsp3) is 0.406. The monoisotopic (exact) mass is 530 g/mol. The smallest absolute Gasteiger partial charge is 0.131 e. The molecule has 6 heteroatoms. The second-order valence-electron chi connectivity index (χ2n) is 10.4. The highest BCUT2D eigenvalue weighted by molar-refractivity contribution is 7.18. The second-order valence-corrected chi connectivity index (χ2v) is 11.6. The van der Waals surface area contributed by atoms with Gasteiger partial charge in [0.15, 0.2) is 0 Å². The lowest BCUT2D eigenvalue weighted by Crippen LogP contribution is -2.30. The van der Waals surface area contributed by atoms with E-state index in [4.69, 9.17) is 14.5 Å². The molecule has 2 heterocycles. The van der Waals surface area contributed by atoms with Crippen molar-refractivity contribution in [3.8, 4) is 22.6 Å². The molecule has 1 aliphatic heterocycles. The molecule has 3 aromatic carbocycles. The van der Waals surface area contributed by atoms with E-state index in [1.54, 1.807) is 12.1 Å². The number of hydrogen-bond acceptors (Lipinski definition) is 5. The van der Waals surface area contributed by atoms with Crippen LogP contribution in [0.5, 0.6) is 11.5 Å². The third-order valence-electron chi connectivity index (χ3n) is 8.17. The molecule has 6 rings (SSSR count). The number of para-hydroxylation sites is 1. The van der Waals surface area contributed by atoms with Gasteiger partial charge >= 0.3 is 0 Å². The number of aromatic nitrogens is 1. The van der Waals surface area contributed by atoms with Crippen LogP contribution in [0.25, 0.3) is 21.3 Å². The summed E-state index contributed by atoms with van der Waals surface area (Å²) in [6.07, 6.45) is 4.89. The molecular weight excluding hydrogens is 495 g/mol. The molecule has 1 saturated heterocycles. The van der Waals surface area contributed by atoms with Crippen molar-refractivity contribution in [1.82, 2.24) is 9.88 Å². The molecule has 0 amide bonds. The van der Waals surface area contributed by atoms with E-state index < -0.39 is 0 Å². The third-order valence-corrected chi connectivity index (χ3v) is 9.23. The molecular formula is C32H35FN2O2S. The summed E-state index contributed by atoms with van der Waals surface area (Å²) in [5.74, 6) is 2.80. The van der Waals surface area contributed by atoms with E-state index in [2.05, 4.69) is 41.3 Å². The molecule has 38 heavy (non-hydrogen) atoms. The molecule has 0 spiro atoms. The first-order chi connectivity index (χ1) is 18.6. The minimum Gasteiger partial charge on any atom is -0.493 e. The average molecular weight is 531 g/mol. The summed E-state index contributed by atoms with van der Waals surface area (Å²) in [7, 11) is 0. The van der Waals surface area contributed by atoms with Gasteiger partial charge < -0.3 is 9.47 Å². The topological polar surface area (TPSA) is 34.6 Å². The van der Waals surface area contributed by atoms with Gasteiger partial charge in [-0.25, -0.2) is 9.37 Å². The standard InChI is InChI=1S/C32H35FN2O2S/c1-3-36-28-17-21(18-29(37-4-2)32(28)22-9-12-24(33)13-10-22)20-35-16-15-25-23(11-14-27(25)35)19-31-34-26-7-5-6-8-30(26)38-31/h5-10,12-13,17-18,23,25,27H,3-4,11,14-16,19-20H2,1-2H3/t23?,25-,27+/m0/s1. The zero-order valence-electron chi connectivity index (χ0n) is 22.2. The number of benzene rings is 3. The van der Waals surface area contributed by atoms with Crippen molar-refractivity contribution in [3.63, 3.8) is 0 Å². The summed E-state index contributed by atoms with van der Waals surface area (Å²) in [6, 6.07) is 20.0. The van der Waals surface area contributed by atoms with Crippen molar-refractivity contribution in [2.24, 2.45) is 11.8 Å². The number of likely N-dealkylation sites (tertiary alicyclic amines) is 1. The van der Waals surface area contributed by atoms with Crippen molar-refractivity contribution in [2.75, 3.05) is 19.8 Å². The van der Waals surface area contributed by atoms with Crippen LogP contribution in [0.2, 0.25) is 0 Å². The number of ether oxygens (including phenoxy) is 2. The van der Waals surface area contributed by atoms with Crippen molar-refractivity contribution < 1.29 is 13.9 Å². The number of rotatable bonds is 9. The fourth-order valence-electron chi connectivity index (χ4n) is 6.58. The molecule has 0 bridgehead atoms. The molecule has 1 aromatic heterocycles. The second kappa shape index (κ2) is 11.0. The molecule has 4 aromatic rings. The highest BCUT2D eigenvalue weighted by Crippen LogP contribution is 2.46. The molecule has 2 fully saturated rings. The number of fused-ring (bicyclic) bond motifs is 2. The number of hydrogen-bond donors (Lipinski definition) is 0. The summed E-state index contributed by atoms with van der Waals surface area (Å²) in [5.41, 5.74) is 4.14. The van der Waals surface area contributed by atoms with Crippen LogP contribution in [0.4, 0.5) is 4.39 Å². The zero-order chi connectivity index (χ0) is 26.1. The maximum atomic E-state index is 13.6. The van der Waals surface area contributed by atoms with E-state index in [1.807, 2.05) is 25.2 Å². The Bertz CT molecular complexity index is 1340. The predicted octanol–water partition coefficient (Wildman–Crippen LogP) is 7.74. The lowest BCUT2D eigenvalue weighted by Gasteiger charge is -2.25. The Balaban J connectivity index is 1.21. The SMILES string of the molecule is CCOc1cc(CN2CC[C@H]3C(Cc4nc5ccccc5s4)CC[C@H]32)cc(OCC)c1-c1ccc(F)cc1. The molecule has 198 valence electrons. The van der Waals surface area contributed by atoms with Gasteiger partial charge in [-0.05, 0) is 99.0 Å². The van der Waals surface area contributed by atoms with E-state index in [0.717, 1.165) is 53.6 Å². The zero-order valence-corrected chi connectivity index (χ0v) is 23.0. The van der Waals surface area contributed by atoms with Gasteiger partial charge in [-0.1, -0.05) is 24.3 Å². The summed E-state index contributed by atoms with van der Waals surface area (Å²) in [4.78, 5) is 7.59. The lowest BCUT2D eigenvalue weighted by atomic mass is 9.91. The summed E-state index contributed by atoms with van der Waals surface area (Å²) >= 11 is 1.86. The van der Waals surface area contributed by atoms with Crippen LogP contribution in [0, 0.1) is 17.7 Å². The fourth-order valence-corrected chi connectivity index (χ4v) is 7.64. The van der Waals surface area contributed by atoms with Crippen molar-refractivity contribution >= 4 is 21.6 Å². The quantitative estimate of drug-likeness (QED) is 0.222. The average Bonchev–Trinajstić information content (AvgIpc) is 3.62. The van der Waals surface area contributed by atoms with Crippen molar-refractivity contribution in [2.45, 2.75) is 52.1 Å². The van der Waals surface area contributed by atoms with Gasteiger partial charge in [-0.3, -0.25) is 4.90 Å². The maximum absolute atomic E-state index is 13.6. The van der Waals surface area contributed by atoms with E-state index in [1.165, 1.54) is 46.7 Å². The van der Waals surface area contributed by atoms with E-state index in [0.29, 0.717) is 25.2 Å². The molecule has 1 saturated carbocycles. The largest absolute Gasteiger partial charge is 0.493 e. The molecule has 3 atom stereocenters. The highest BCUT2D eigenvalue weighted by atomic mass is 32.1. The van der Waals surface area contributed by atoms with Gasteiger partial charge in [0.25, 0.3) is 0 Å². The molecule has 2 aliphatic rings. The Labute approximate surface area is 228 Å². The van der Waals surface area contributed by atoms with Crippen LogP contribution >= 0.6 is 11.3 Å². The number of nitrogens with zero attached hydrogens (tertiary/aromatic N) is 2. The van der Waals surface area contributed by atoms with Crippen LogP contribution in [-0.4, -0.2) is 35.7 Å². The first-order valence-electron chi connectivity index (χ1n) is 13.9. The van der Waals surface area contributed by atoms with Gasteiger partial charge in [-0.15, -0.1) is 11.3 Å². The molecule has 0 radical (unpaired) electrons. The molecule has 1 aliphatic carbocycles. The van der Waals surface area contributed by atoms with Crippen molar-refractivity contribution in [3.05, 3.63) is 77.1 Å². The minimum atomic E-state index is -0.247. The van der Waals surface area contributed by atoms with Gasteiger partial charge in [0.2, 0.25) is 0 Å². The van der Waals surface area contributed by atoms with E-state index in [-0.39, 0.29) is 5.82 Å². The summed E-state index contributed by atoms with van der Waals surface area (Å²) in [5, 5.41) is 1.29. The first kappa shape index (κ1) is 25.3. The first-order valence-corrected chi connectivity index (χ1v) is 14.7. The van der Waals surface area contributed by atoms with Gasteiger partial charge in [0.05, 0.1) is 34.0 Å². The minimum absolute atomic E-state index is 0.247. The maximum Gasteiger partial charge on any atom is 0.131 e. The van der Waals surface area contributed by atoms with Crippen LogP contribution < -0.4 is 9.47 Å². The Morgan fingerprint density at radius 3 is 2.39 bits per heavy atom. The van der Waals surface area contributed by atoms with E-state index >= 15 is 0 Å². The third kappa shape index (κ3) is 5.04. The Kier molecular flexibility index (Phi) is 7.35. The summed E-state index contributed by atoms with van der Waals surface area (Å²) in [6.45, 7) is 7.13. The van der Waals surface area contributed by atoms with Crippen LogP contribution in [0.3, 0.4) is 0 Å². The van der Waals surface area contributed by atoms with E-state index in [9.17, 15) is 4.39 Å². The lowest BCUT2D eigenvalue weighted by molar-refractivity contribution is 0.226. The van der Waals surface area contributed by atoms with Gasteiger partial charge in [0, 0.05) is 19.0 Å². The van der Waals surface area contributed by atoms with Crippen LogP contribution in [0.15, 0.2) is 60.7 Å². The van der Waals surface area contributed by atoms with Gasteiger partial charge in [0.1, 0.15) is 17.3 Å².